The van der Waals surface area contributed by atoms with E-state index in [4.69, 9.17) is 13.9 Å². The van der Waals surface area contributed by atoms with Crippen molar-refractivity contribution in [3.63, 3.8) is 0 Å². The zero-order chi connectivity index (χ0) is 19.0. The van der Waals surface area contributed by atoms with Gasteiger partial charge in [-0.1, -0.05) is 53.7 Å². The zero-order valence-electron chi connectivity index (χ0n) is 16.9. The number of methoxy groups -OCH3 is 1. The number of aliphatic hydroxyl groups is 1. The van der Waals surface area contributed by atoms with Crippen LogP contribution in [-0.2, 0) is 15.8 Å². The molecular formula is C20H36O4Si. The Hall–Kier alpha value is -0.883. The van der Waals surface area contributed by atoms with Crippen molar-refractivity contribution in [1.29, 1.82) is 0 Å². The standard InChI is InChI=1S/C20H36O4Si/c1-15(2)25(16(3)4,17(5)6)24-14-19(21)13-23-12-18-8-10-20(22-7)11-9-18/h8-11,15-17,19,21H,12-14H2,1-7H3/t19-/m0/s1. The Morgan fingerprint density at radius 2 is 1.40 bits per heavy atom. The lowest BCUT2D eigenvalue weighted by molar-refractivity contribution is 0.00196. The summed E-state index contributed by atoms with van der Waals surface area (Å²) in [5, 5.41) is 10.3. The molecule has 1 N–H and O–H groups in total. The second kappa shape index (κ2) is 10.3. The molecule has 0 saturated heterocycles. The second-order valence-corrected chi connectivity index (χ2v) is 13.1. The number of aliphatic hydroxyl groups excluding tert-OH is 1. The molecule has 0 aliphatic heterocycles. The molecule has 25 heavy (non-hydrogen) atoms. The third-order valence-electron chi connectivity index (χ3n) is 4.97. The van der Waals surface area contributed by atoms with Gasteiger partial charge in [0.25, 0.3) is 0 Å². The van der Waals surface area contributed by atoms with Gasteiger partial charge in [-0.05, 0) is 34.3 Å². The van der Waals surface area contributed by atoms with E-state index in [1.165, 1.54) is 0 Å². The van der Waals surface area contributed by atoms with Gasteiger partial charge in [-0.2, -0.15) is 0 Å². The molecule has 0 unspecified atom stereocenters. The maximum Gasteiger partial charge on any atom is 0.200 e. The lowest BCUT2D eigenvalue weighted by atomic mass is 10.2. The molecule has 0 aliphatic carbocycles. The van der Waals surface area contributed by atoms with Gasteiger partial charge in [0.2, 0.25) is 0 Å². The number of rotatable bonds is 11. The van der Waals surface area contributed by atoms with Crippen LogP contribution in [0.4, 0.5) is 0 Å². The summed E-state index contributed by atoms with van der Waals surface area (Å²) in [6, 6.07) is 7.75. The molecule has 4 nitrogen and oxygen atoms in total. The van der Waals surface area contributed by atoms with Gasteiger partial charge in [0.1, 0.15) is 5.75 Å². The van der Waals surface area contributed by atoms with Crippen molar-refractivity contribution in [2.24, 2.45) is 0 Å². The Morgan fingerprint density at radius 1 is 0.880 bits per heavy atom. The Balaban J connectivity index is 2.48. The van der Waals surface area contributed by atoms with E-state index in [9.17, 15) is 5.11 Å². The molecule has 1 atom stereocenters. The molecular weight excluding hydrogens is 332 g/mol. The summed E-state index contributed by atoms with van der Waals surface area (Å²) in [4.78, 5) is 0. The average molecular weight is 369 g/mol. The van der Waals surface area contributed by atoms with Crippen LogP contribution in [0.5, 0.6) is 5.75 Å². The summed E-state index contributed by atoms with van der Waals surface area (Å²) >= 11 is 0. The van der Waals surface area contributed by atoms with Crippen molar-refractivity contribution in [3.8, 4) is 5.75 Å². The van der Waals surface area contributed by atoms with Crippen molar-refractivity contribution in [2.75, 3.05) is 20.3 Å². The number of benzene rings is 1. The first kappa shape index (κ1) is 22.2. The molecule has 1 aromatic carbocycles. The van der Waals surface area contributed by atoms with E-state index in [-0.39, 0.29) is 6.61 Å². The van der Waals surface area contributed by atoms with Crippen LogP contribution in [0.2, 0.25) is 16.6 Å². The molecule has 0 saturated carbocycles. The van der Waals surface area contributed by atoms with Gasteiger partial charge in [0.15, 0.2) is 8.32 Å². The third-order valence-corrected chi connectivity index (χ3v) is 11.1. The molecule has 1 aromatic rings. The van der Waals surface area contributed by atoms with E-state index in [1.54, 1.807) is 7.11 Å². The van der Waals surface area contributed by atoms with E-state index in [0.29, 0.717) is 29.8 Å². The van der Waals surface area contributed by atoms with E-state index in [2.05, 4.69) is 41.5 Å². The third kappa shape index (κ3) is 6.10. The molecule has 144 valence electrons. The van der Waals surface area contributed by atoms with Gasteiger partial charge < -0.3 is 19.0 Å². The lowest BCUT2D eigenvalue weighted by Gasteiger charge is -2.42. The Morgan fingerprint density at radius 3 is 1.84 bits per heavy atom. The van der Waals surface area contributed by atoms with Gasteiger partial charge in [0, 0.05) is 0 Å². The van der Waals surface area contributed by atoms with Crippen LogP contribution < -0.4 is 4.74 Å². The van der Waals surface area contributed by atoms with Crippen LogP contribution in [0, 0.1) is 0 Å². The highest BCUT2D eigenvalue weighted by atomic mass is 28.4. The van der Waals surface area contributed by atoms with Crippen LogP contribution in [0.25, 0.3) is 0 Å². The van der Waals surface area contributed by atoms with Crippen LogP contribution in [-0.4, -0.2) is 39.9 Å². The normalized spacial score (nSPS) is 13.7. The molecule has 0 aliphatic rings. The summed E-state index contributed by atoms with van der Waals surface area (Å²) in [7, 11) is -0.284. The van der Waals surface area contributed by atoms with Gasteiger partial charge in [-0.15, -0.1) is 0 Å². The summed E-state index contributed by atoms with van der Waals surface area (Å²) in [6.07, 6.45) is -0.596. The lowest BCUT2D eigenvalue weighted by Crippen LogP contribution is -2.49. The minimum atomic E-state index is -1.93. The first-order chi connectivity index (χ1) is 11.7. The number of hydrogen-bond acceptors (Lipinski definition) is 4. The van der Waals surface area contributed by atoms with Crippen molar-refractivity contribution in [1.82, 2.24) is 0 Å². The summed E-state index contributed by atoms with van der Waals surface area (Å²) < 4.78 is 17.2. The molecule has 0 fully saturated rings. The first-order valence-electron chi connectivity index (χ1n) is 9.26. The van der Waals surface area contributed by atoms with Crippen molar-refractivity contribution >= 4 is 8.32 Å². The maximum atomic E-state index is 10.3. The second-order valence-electron chi connectivity index (χ2n) is 7.65. The minimum absolute atomic E-state index is 0.283. The average Bonchev–Trinajstić information content (AvgIpc) is 2.55. The van der Waals surface area contributed by atoms with E-state index < -0.39 is 14.4 Å². The number of ether oxygens (including phenoxy) is 2. The molecule has 0 aromatic heterocycles. The zero-order valence-corrected chi connectivity index (χ0v) is 17.9. The Bertz CT molecular complexity index is 463. The highest BCUT2D eigenvalue weighted by molar-refractivity contribution is 6.77. The molecule has 0 bridgehead atoms. The monoisotopic (exact) mass is 368 g/mol. The SMILES string of the molecule is COc1ccc(COC[C@H](O)CO[Si](C(C)C)(C(C)C)C(C)C)cc1. The van der Waals surface area contributed by atoms with Crippen molar-refractivity contribution in [3.05, 3.63) is 29.8 Å². The topological polar surface area (TPSA) is 47.9 Å². The molecule has 1 rings (SSSR count). The van der Waals surface area contributed by atoms with Crippen LogP contribution in [0.3, 0.4) is 0 Å². The summed E-state index contributed by atoms with van der Waals surface area (Å²) in [5.41, 5.74) is 2.60. The minimum Gasteiger partial charge on any atom is -0.497 e. The van der Waals surface area contributed by atoms with Gasteiger partial charge >= 0.3 is 0 Å². The Kier molecular flexibility index (Phi) is 9.14. The van der Waals surface area contributed by atoms with E-state index in [1.807, 2.05) is 24.3 Å². The van der Waals surface area contributed by atoms with E-state index in [0.717, 1.165) is 11.3 Å². The molecule has 5 heteroatoms. The van der Waals surface area contributed by atoms with Crippen LogP contribution in [0.15, 0.2) is 24.3 Å². The van der Waals surface area contributed by atoms with Crippen LogP contribution in [0.1, 0.15) is 47.1 Å². The fourth-order valence-electron chi connectivity index (χ4n) is 3.82. The fraction of sp³-hybridized carbons (Fsp3) is 0.700. The van der Waals surface area contributed by atoms with Crippen LogP contribution >= 0.6 is 0 Å². The fourth-order valence-corrected chi connectivity index (χ4v) is 9.30. The maximum absolute atomic E-state index is 10.3. The van der Waals surface area contributed by atoms with Gasteiger partial charge in [0.05, 0.1) is 33.0 Å². The quantitative estimate of drug-likeness (QED) is 0.572. The largest absolute Gasteiger partial charge is 0.497 e. The van der Waals surface area contributed by atoms with Gasteiger partial charge in [-0.3, -0.25) is 0 Å². The summed E-state index contributed by atoms with van der Waals surface area (Å²) in [5.74, 6) is 0.828. The molecule has 0 amide bonds. The first-order valence-corrected chi connectivity index (χ1v) is 11.4. The predicted octanol–water partition coefficient (Wildman–Crippen LogP) is 4.76. The van der Waals surface area contributed by atoms with E-state index >= 15 is 0 Å². The molecule has 0 radical (unpaired) electrons. The smallest absolute Gasteiger partial charge is 0.200 e. The predicted molar refractivity (Wildman–Crippen MR) is 106 cm³/mol. The van der Waals surface area contributed by atoms with Crippen molar-refractivity contribution in [2.45, 2.75) is 70.9 Å². The summed E-state index contributed by atoms with van der Waals surface area (Å²) in [6.45, 7) is 14.6. The molecule has 0 spiro atoms. The number of hydrogen-bond donors (Lipinski definition) is 1. The van der Waals surface area contributed by atoms with Gasteiger partial charge in [-0.25, -0.2) is 0 Å². The highest BCUT2D eigenvalue weighted by Crippen LogP contribution is 2.42. The van der Waals surface area contributed by atoms with Crippen molar-refractivity contribution < 1.29 is 19.0 Å². The Labute approximate surface area is 154 Å². The highest BCUT2D eigenvalue weighted by Gasteiger charge is 2.45. The molecule has 0 heterocycles.